The van der Waals surface area contributed by atoms with Crippen molar-refractivity contribution in [3.63, 3.8) is 0 Å². The van der Waals surface area contributed by atoms with Gasteiger partial charge in [0.2, 0.25) is 23.6 Å². The lowest BCUT2D eigenvalue weighted by atomic mass is 10.0. The number of amides is 6. The Bertz CT molecular complexity index is 1420. The second-order valence-corrected chi connectivity index (χ2v) is 9.82. The first-order valence-electron chi connectivity index (χ1n) is 12.6. The monoisotopic (exact) mass is 546 g/mol. The Morgan fingerprint density at radius 1 is 0.675 bits per heavy atom. The molecule has 0 radical (unpaired) electrons. The molecule has 6 rings (SSSR count). The van der Waals surface area contributed by atoms with Crippen molar-refractivity contribution in [1.82, 2.24) is 20.4 Å². The largest absolute Gasteiger partial charge is 0.519 e. The number of nitrogens with one attached hydrogen (secondary N) is 2. The molecule has 2 N–H and O–H groups in total. The first-order valence-corrected chi connectivity index (χ1v) is 12.6. The summed E-state index contributed by atoms with van der Waals surface area (Å²) in [5.41, 5.74) is 1.32. The number of rotatable bonds is 4. The van der Waals surface area contributed by atoms with E-state index in [4.69, 9.17) is 9.47 Å². The minimum absolute atomic E-state index is 0.0000491. The van der Waals surface area contributed by atoms with Crippen molar-refractivity contribution in [3.05, 3.63) is 58.7 Å². The average Bonchev–Trinajstić information content (AvgIpc) is 3.42. The number of imide groups is 2. The van der Waals surface area contributed by atoms with E-state index in [1.165, 1.54) is 34.1 Å². The van der Waals surface area contributed by atoms with E-state index in [0.717, 1.165) is 0 Å². The number of carbonyl (C=O) groups is 7. The molecule has 6 amide bonds. The smallest absolute Gasteiger partial charge is 0.394 e. The van der Waals surface area contributed by atoms with Gasteiger partial charge in [0.1, 0.15) is 23.6 Å². The van der Waals surface area contributed by atoms with Crippen LogP contribution in [0, 0.1) is 0 Å². The van der Waals surface area contributed by atoms with Crippen LogP contribution in [0.5, 0.6) is 11.5 Å². The summed E-state index contributed by atoms with van der Waals surface area (Å²) < 4.78 is 10.9. The second kappa shape index (κ2) is 9.59. The Hall–Kier alpha value is -5.07. The zero-order valence-electron chi connectivity index (χ0n) is 20.9. The van der Waals surface area contributed by atoms with Gasteiger partial charge < -0.3 is 19.3 Å². The van der Waals surface area contributed by atoms with Crippen molar-refractivity contribution < 1.29 is 43.0 Å². The van der Waals surface area contributed by atoms with Gasteiger partial charge in [-0.2, -0.15) is 0 Å². The van der Waals surface area contributed by atoms with Crippen LogP contribution < -0.4 is 20.1 Å². The van der Waals surface area contributed by atoms with Crippen LogP contribution >= 0.6 is 0 Å². The molecule has 0 aliphatic carbocycles. The zero-order valence-corrected chi connectivity index (χ0v) is 20.9. The number of piperidine rings is 2. The molecule has 2 aromatic carbocycles. The Morgan fingerprint density at radius 3 is 1.50 bits per heavy atom. The van der Waals surface area contributed by atoms with Gasteiger partial charge in [0.25, 0.3) is 11.8 Å². The lowest BCUT2D eigenvalue weighted by Crippen LogP contribution is -2.52. The van der Waals surface area contributed by atoms with Crippen LogP contribution in [0.2, 0.25) is 0 Å². The minimum Gasteiger partial charge on any atom is -0.394 e. The molecule has 204 valence electrons. The summed E-state index contributed by atoms with van der Waals surface area (Å²) in [5.74, 6) is -2.61. The fraction of sp³-hybridized carbons (Fsp3) is 0.296. The highest BCUT2D eigenvalue weighted by Crippen LogP contribution is 2.36. The predicted molar refractivity (Wildman–Crippen MR) is 132 cm³/mol. The number of hydrogen-bond acceptors (Lipinski definition) is 9. The van der Waals surface area contributed by atoms with Crippen molar-refractivity contribution in [2.45, 2.75) is 50.9 Å². The molecule has 4 aliphatic rings. The highest BCUT2D eigenvalue weighted by Gasteiger charge is 2.42. The van der Waals surface area contributed by atoms with Crippen molar-refractivity contribution in [2.75, 3.05) is 0 Å². The van der Waals surface area contributed by atoms with E-state index in [-0.39, 0.29) is 61.4 Å². The summed E-state index contributed by atoms with van der Waals surface area (Å²) in [6.45, 7) is 0.0000982. The predicted octanol–water partition coefficient (Wildman–Crippen LogP) is 0.786. The van der Waals surface area contributed by atoms with Crippen LogP contribution in [0.1, 0.15) is 57.5 Å². The molecular weight excluding hydrogens is 524 g/mol. The minimum atomic E-state index is -1.11. The van der Waals surface area contributed by atoms with Crippen molar-refractivity contribution in [2.24, 2.45) is 0 Å². The number of nitrogens with zero attached hydrogens (tertiary/aromatic N) is 2. The Kier molecular flexibility index (Phi) is 6.05. The molecule has 13 heteroatoms. The molecule has 0 aromatic heterocycles. The van der Waals surface area contributed by atoms with E-state index >= 15 is 0 Å². The molecule has 13 nitrogen and oxygen atoms in total. The lowest BCUT2D eigenvalue weighted by molar-refractivity contribution is -0.138. The van der Waals surface area contributed by atoms with Gasteiger partial charge in [0, 0.05) is 35.1 Å². The van der Waals surface area contributed by atoms with Crippen LogP contribution in [0.25, 0.3) is 0 Å². The van der Waals surface area contributed by atoms with E-state index < -0.39 is 53.7 Å². The second-order valence-electron chi connectivity index (χ2n) is 9.82. The van der Waals surface area contributed by atoms with Crippen LogP contribution in [0.15, 0.2) is 36.4 Å². The molecule has 2 unspecified atom stereocenters. The van der Waals surface area contributed by atoms with E-state index in [2.05, 4.69) is 10.6 Å². The first kappa shape index (κ1) is 25.2. The van der Waals surface area contributed by atoms with Crippen LogP contribution in [-0.4, -0.2) is 63.5 Å². The molecule has 40 heavy (non-hydrogen) atoms. The van der Waals surface area contributed by atoms with Gasteiger partial charge >= 0.3 is 6.16 Å². The van der Waals surface area contributed by atoms with Gasteiger partial charge in [0.05, 0.1) is 13.1 Å². The molecule has 2 fully saturated rings. The Balaban J connectivity index is 1.17. The van der Waals surface area contributed by atoms with E-state index in [1.54, 1.807) is 12.1 Å². The molecule has 4 heterocycles. The summed E-state index contributed by atoms with van der Waals surface area (Å²) >= 11 is 0. The van der Waals surface area contributed by atoms with Crippen molar-refractivity contribution in [3.8, 4) is 11.5 Å². The Morgan fingerprint density at radius 2 is 1.10 bits per heavy atom. The first-order chi connectivity index (χ1) is 19.2. The van der Waals surface area contributed by atoms with Crippen LogP contribution in [-0.2, 0) is 32.3 Å². The highest BCUT2D eigenvalue weighted by molar-refractivity contribution is 6.07. The maximum Gasteiger partial charge on any atom is 0.519 e. The number of hydrogen-bond donors (Lipinski definition) is 2. The molecule has 2 aromatic rings. The fourth-order valence-electron chi connectivity index (χ4n) is 5.51. The molecule has 4 aliphatic heterocycles. The topological polar surface area (TPSA) is 168 Å². The quantitative estimate of drug-likeness (QED) is 0.320. The number of benzene rings is 2. The third-order valence-electron chi connectivity index (χ3n) is 7.46. The highest BCUT2D eigenvalue weighted by atomic mass is 16.7. The van der Waals surface area contributed by atoms with Crippen molar-refractivity contribution in [1.29, 1.82) is 0 Å². The van der Waals surface area contributed by atoms with E-state index in [9.17, 15) is 33.6 Å². The third-order valence-corrected chi connectivity index (χ3v) is 7.46. The summed E-state index contributed by atoms with van der Waals surface area (Å²) in [6, 6.07) is 7.51. The lowest BCUT2D eigenvalue weighted by Gasteiger charge is -2.29. The molecule has 0 bridgehead atoms. The Labute approximate surface area is 226 Å². The SMILES string of the molecule is O=C1CCC(N2Cc3c(OC(=O)Oc4cccc5c4CN(C4CCC(=O)NC4=O)C5=O)cccc3C2=O)C(=O)N1. The normalized spacial score (nSPS) is 22.1. The summed E-state index contributed by atoms with van der Waals surface area (Å²) in [5, 5.41) is 4.48. The average molecular weight is 546 g/mol. The maximum atomic E-state index is 13.0. The summed E-state index contributed by atoms with van der Waals surface area (Å²) in [4.78, 5) is 89.2. The number of carbonyl (C=O) groups excluding carboxylic acids is 7. The molecule has 2 atom stereocenters. The summed E-state index contributed by atoms with van der Waals surface area (Å²) in [7, 11) is 0. The molecule has 0 spiro atoms. The van der Waals surface area contributed by atoms with Gasteiger partial charge in [-0.15, -0.1) is 0 Å². The van der Waals surface area contributed by atoms with Crippen LogP contribution in [0.3, 0.4) is 0 Å². The van der Waals surface area contributed by atoms with Gasteiger partial charge in [-0.25, -0.2) is 4.79 Å². The molecular formula is C27H22N4O9. The van der Waals surface area contributed by atoms with E-state index in [0.29, 0.717) is 11.1 Å². The van der Waals surface area contributed by atoms with Gasteiger partial charge in [-0.05, 0) is 37.1 Å². The standard InChI is InChI=1S/C27H22N4O9/c32-21-9-7-17(23(34)28-21)30-11-15-13(25(30)36)3-1-5-19(15)39-27(38)40-20-6-2-4-14-16(20)12-31(26(14)37)18-8-10-22(33)29-24(18)35/h1-6,17-18H,7-12H2,(H,28,32,34)(H,29,33,35). The molecule has 0 saturated carbocycles. The fourth-order valence-corrected chi connectivity index (χ4v) is 5.51. The zero-order chi connectivity index (χ0) is 28.1. The van der Waals surface area contributed by atoms with Gasteiger partial charge in [-0.1, -0.05) is 12.1 Å². The maximum absolute atomic E-state index is 13.0. The third kappa shape index (κ3) is 4.25. The molecule has 2 saturated heterocycles. The van der Waals surface area contributed by atoms with Crippen LogP contribution in [0.4, 0.5) is 4.79 Å². The number of ether oxygens (including phenoxy) is 2. The number of fused-ring (bicyclic) bond motifs is 2. The van der Waals surface area contributed by atoms with Gasteiger partial charge in [0.15, 0.2) is 0 Å². The van der Waals surface area contributed by atoms with E-state index in [1.807, 2.05) is 0 Å². The van der Waals surface area contributed by atoms with Gasteiger partial charge in [-0.3, -0.25) is 39.4 Å². The summed E-state index contributed by atoms with van der Waals surface area (Å²) in [6.07, 6.45) is -0.513. The van der Waals surface area contributed by atoms with Crippen molar-refractivity contribution >= 4 is 41.6 Å².